The van der Waals surface area contributed by atoms with Crippen molar-refractivity contribution in [3.8, 4) is 0 Å². The van der Waals surface area contributed by atoms with Crippen LogP contribution in [0.3, 0.4) is 0 Å². The van der Waals surface area contributed by atoms with Gasteiger partial charge in [0.05, 0.1) is 5.69 Å². The van der Waals surface area contributed by atoms with Crippen LogP contribution in [0.15, 0.2) is 22.7 Å². The summed E-state index contributed by atoms with van der Waals surface area (Å²) in [5.74, 6) is 0. The average Bonchev–Trinajstić information content (AvgIpc) is 2.29. The number of nitrogens with one attached hydrogen (secondary N) is 1. The van der Waals surface area contributed by atoms with Gasteiger partial charge in [0.1, 0.15) is 0 Å². The molecule has 7 heteroatoms. The van der Waals surface area contributed by atoms with Crippen LogP contribution >= 0.6 is 15.9 Å². The van der Waals surface area contributed by atoms with Gasteiger partial charge in [-0.2, -0.15) is 12.7 Å². The minimum atomic E-state index is -3.56. The second-order valence-electron chi connectivity index (χ2n) is 3.97. The van der Waals surface area contributed by atoms with Crippen molar-refractivity contribution in [2.45, 2.75) is 13.3 Å². The molecule has 0 aliphatic heterocycles. The lowest BCUT2D eigenvalue weighted by Gasteiger charge is -2.18. The first-order valence-corrected chi connectivity index (χ1v) is 7.71. The first-order valence-electron chi connectivity index (χ1n) is 5.48. The molecule has 1 aromatic carbocycles. The van der Waals surface area contributed by atoms with E-state index in [1.54, 1.807) is 12.1 Å². The molecule has 5 nitrogen and oxygen atoms in total. The number of rotatable bonds is 6. The van der Waals surface area contributed by atoms with Crippen molar-refractivity contribution >= 4 is 31.8 Å². The number of halogens is 1. The summed E-state index contributed by atoms with van der Waals surface area (Å²) in [5, 5.41) is 8.70. The predicted octanol–water partition coefficient (Wildman–Crippen LogP) is 1.73. The lowest BCUT2D eigenvalue weighted by atomic mass is 10.2. The zero-order valence-corrected chi connectivity index (χ0v) is 12.8. The lowest BCUT2D eigenvalue weighted by molar-refractivity contribution is 0.276. The van der Waals surface area contributed by atoms with Crippen LogP contribution < -0.4 is 4.72 Å². The monoisotopic (exact) mass is 336 g/mol. The number of nitrogens with zero attached hydrogens (tertiary/aromatic N) is 1. The van der Waals surface area contributed by atoms with E-state index in [0.717, 1.165) is 10.0 Å². The fraction of sp³-hybridized carbons (Fsp3) is 0.455. The number of aliphatic hydroxyl groups excluding tert-OH is 1. The molecule has 0 heterocycles. The van der Waals surface area contributed by atoms with E-state index in [1.807, 2.05) is 13.0 Å². The molecule has 0 saturated heterocycles. The summed E-state index contributed by atoms with van der Waals surface area (Å²) in [6, 6.07) is 5.32. The SMILES string of the molecule is Cc1cc(Br)ccc1NS(=O)(=O)N(C)CCCO. The van der Waals surface area contributed by atoms with Crippen molar-refractivity contribution in [1.29, 1.82) is 0 Å². The van der Waals surface area contributed by atoms with E-state index in [9.17, 15) is 8.42 Å². The highest BCUT2D eigenvalue weighted by atomic mass is 79.9. The molecule has 18 heavy (non-hydrogen) atoms. The largest absolute Gasteiger partial charge is 0.396 e. The van der Waals surface area contributed by atoms with Crippen LogP contribution in [0.5, 0.6) is 0 Å². The van der Waals surface area contributed by atoms with Gasteiger partial charge in [-0.3, -0.25) is 4.72 Å². The first kappa shape index (κ1) is 15.4. The molecular formula is C11H17BrN2O3S. The van der Waals surface area contributed by atoms with Crippen LogP contribution in [0.4, 0.5) is 5.69 Å². The minimum absolute atomic E-state index is 0.0306. The van der Waals surface area contributed by atoms with Crippen molar-refractivity contribution in [2.24, 2.45) is 0 Å². The Morgan fingerprint density at radius 3 is 2.67 bits per heavy atom. The summed E-state index contributed by atoms with van der Waals surface area (Å²) in [6.45, 7) is 2.08. The van der Waals surface area contributed by atoms with Crippen molar-refractivity contribution in [2.75, 3.05) is 24.9 Å². The second-order valence-corrected chi connectivity index (χ2v) is 6.66. The van der Waals surface area contributed by atoms with E-state index in [4.69, 9.17) is 5.11 Å². The summed E-state index contributed by atoms with van der Waals surface area (Å²) in [4.78, 5) is 0. The third kappa shape index (κ3) is 4.24. The Kier molecular flexibility index (Phi) is 5.58. The molecule has 0 fully saturated rings. The number of anilines is 1. The minimum Gasteiger partial charge on any atom is -0.396 e. The molecule has 0 aliphatic carbocycles. The van der Waals surface area contributed by atoms with E-state index < -0.39 is 10.2 Å². The second kappa shape index (κ2) is 6.51. The van der Waals surface area contributed by atoms with E-state index in [1.165, 1.54) is 11.4 Å². The quantitative estimate of drug-likeness (QED) is 0.831. The number of hydrogen-bond donors (Lipinski definition) is 2. The molecule has 0 amide bonds. The van der Waals surface area contributed by atoms with Gasteiger partial charge in [-0.05, 0) is 37.1 Å². The molecule has 1 aromatic rings. The molecular weight excluding hydrogens is 320 g/mol. The van der Waals surface area contributed by atoms with Crippen LogP contribution in [0.1, 0.15) is 12.0 Å². The van der Waals surface area contributed by atoms with Crippen LogP contribution in [-0.2, 0) is 10.2 Å². The van der Waals surface area contributed by atoms with Crippen molar-refractivity contribution in [3.63, 3.8) is 0 Å². The summed E-state index contributed by atoms with van der Waals surface area (Å²) < 4.78 is 28.5. The number of benzene rings is 1. The van der Waals surface area contributed by atoms with Gasteiger partial charge < -0.3 is 5.11 Å². The van der Waals surface area contributed by atoms with Crippen LogP contribution in [0.2, 0.25) is 0 Å². The molecule has 0 atom stereocenters. The highest BCUT2D eigenvalue weighted by Gasteiger charge is 2.17. The summed E-state index contributed by atoms with van der Waals surface area (Å²) >= 11 is 3.32. The fourth-order valence-corrected chi connectivity index (χ4v) is 2.88. The molecule has 2 N–H and O–H groups in total. The van der Waals surface area contributed by atoms with E-state index >= 15 is 0 Å². The Bertz CT molecular complexity index is 505. The topological polar surface area (TPSA) is 69.6 Å². The fourth-order valence-electron chi connectivity index (χ4n) is 1.37. The van der Waals surface area contributed by atoms with Gasteiger partial charge in [-0.15, -0.1) is 0 Å². The summed E-state index contributed by atoms with van der Waals surface area (Å²) in [7, 11) is -2.09. The van der Waals surface area contributed by atoms with Crippen molar-refractivity contribution in [1.82, 2.24) is 4.31 Å². The molecule has 0 radical (unpaired) electrons. The number of aryl methyl sites for hydroxylation is 1. The average molecular weight is 337 g/mol. The normalized spacial score (nSPS) is 11.8. The van der Waals surface area contributed by atoms with Gasteiger partial charge in [0.25, 0.3) is 0 Å². The third-order valence-corrected chi connectivity index (χ3v) is 4.44. The molecule has 0 saturated carbocycles. The smallest absolute Gasteiger partial charge is 0.301 e. The Hall–Kier alpha value is -0.630. The highest BCUT2D eigenvalue weighted by molar-refractivity contribution is 9.10. The van der Waals surface area contributed by atoms with E-state index in [0.29, 0.717) is 12.1 Å². The molecule has 0 unspecified atom stereocenters. The number of aliphatic hydroxyl groups is 1. The summed E-state index contributed by atoms with van der Waals surface area (Å²) in [6.07, 6.45) is 0.413. The van der Waals surface area contributed by atoms with Crippen molar-refractivity contribution < 1.29 is 13.5 Å². The maximum atomic E-state index is 12.0. The third-order valence-electron chi connectivity index (χ3n) is 2.47. The standard InChI is InChI=1S/C11H17BrN2O3S/c1-9-8-10(12)4-5-11(9)13-18(16,17)14(2)6-3-7-15/h4-5,8,13,15H,3,6-7H2,1-2H3. The van der Waals surface area contributed by atoms with Crippen LogP contribution in [-0.4, -0.2) is 38.0 Å². The molecule has 0 spiro atoms. The Morgan fingerprint density at radius 2 is 2.11 bits per heavy atom. The Labute approximate surface area is 116 Å². The lowest BCUT2D eigenvalue weighted by Crippen LogP contribution is -2.33. The van der Waals surface area contributed by atoms with Gasteiger partial charge in [0.2, 0.25) is 0 Å². The predicted molar refractivity (Wildman–Crippen MR) is 75.8 cm³/mol. The Morgan fingerprint density at radius 1 is 1.44 bits per heavy atom. The van der Waals surface area contributed by atoms with Gasteiger partial charge in [0, 0.05) is 24.7 Å². The van der Waals surface area contributed by atoms with E-state index in [2.05, 4.69) is 20.7 Å². The van der Waals surface area contributed by atoms with Crippen LogP contribution in [0, 0.1) is 6.92 Å². The van der Waals surface area contributed by atoms with E-state index in [-0.39, 0.29) is 13.2 Å². The van der Waals surface area contributed by atoms with Gasteiger partial charge in [-0.25, -0.2) is 0 Å². The van der Waals surface area contributed by atoms with Crippen molar-refractivity contribution in [3.05, 3.63) is 28.2 Å². The van der Waals surface area contributed by atoms with Gasteiger partial charge in [-0.1, -0.05) is 15.9 Å². The molecule has 102 valence electrons. The summed E-state index contributed by atoms with van der Waals surface area (Å²) in [5.41, 5.74) is 1.39. The molecule has 0 aromatic heterocycles. The zero-order chi connectivity index (χ0) is 13.8. The maximum absolute atomic E-state index is 12.0. The Balaban J connectivity index is 2.82. The molecule has 0 bridgehead atoms. The molecule has 0 aliphatic rings. The van der Waals surface area contributed by atoms with Gasteiger partial charge in [0.15, 0.2) is 0 Å². The zero-order valence-electron chi connectivity index (χ0n) is 10.4. The number of hydrogen-bond acceptors (Lipinski definition) is 3. The highest BCUT2D eigenvalue weighted by Crippen LogP contribution is 2.21. The maximum Gasteiger partial charge on any atom is 0.301 e. The first-order chi connectivity index (χ1) is 8.36. The van der Waals surface area contributed by atoms with Crippen LogP contribution in [0.25, 0.3) is 0 Å². The molecule has 1 rings (SSSR count). The van der Waals surface area contributed by atoms with Gasteiger partial charge >= 0.3 is 10.2 Å².